The van der Waals surface area contributed by atoms with Crippen molar-refractivity contribution in [2.75, 3.05) is 13.7 Å². The lowest BCUT2D eigenvalue weighted by atomic mass is 9.84. The van der Waals surface area contributed by atoms with Crippen molar-refractivity contribution in [3.63, 3.8) is 0 Å². The number of methoxy groups -OCH3 is 1. The second kappa shape index (κ2) is 9.32. The van der Waals surface area contributed by atoms with E-state index in [1.165, 1.54) is 0 Å². The third kappa shape index (κ3) is 4.83. The van der Waals surface area contributed by atoms with E-state index in [0.29, 0.717) is 13.0 Å². The predicted molar refractivity (Wildman–Crippen MR) is 107 cm³/mol. The van der Waals surface area contributed by atoms with Crippen LogP contribution in [-0.4, -0.2) is 41.7 Å². The van der Waals surface area contributed by atoms with E-state index in [1.807, 2.05) is 38.1 Å². The molecule has 0 bridgehead atoms. The van der Waals surface area contributed by atoms with Crippen molar-refractivity contribution >= 4 is 11.7 Å². The Balaban J connectivity index is 1.66. The minimum atomic E-state index is -1.67. The van der Waals surface area contributed by atoms with Crippen LogP contribution in [0.25, 0.3) is 0 Å². The average Bonchev–Trinajstić information content (AvgIpc) is 3.25. The van der Waals surface area contributed by atoms with Crippen molar-refractivity contribution in [1.29, 1.82) is 0 Å². The number of rotatable bonds is 9. The first kappa shape index (κ1) is 21.9. The molecule has 1 aromatic rings. The van der Waals surface area contributed by atoms with Crippen LogP contribution in [0.5, 0.6) is 5.75 Å². The molecule has 2 aliphatic heterocycles. The molecule has 2 saturated heterocycles. The fourth-order valence-electron chi connectivity index (χ4n) is 4.11. The first-order valence-corrected chi connectivity index (χ1v) is 11.1. The van der Waals surface area contributed by atoms with E-state index in [0.717, 1.165) is 43.6 Å². The van der Waals surface area contributed by atoms with Crippen molar-refractivity contribution in [2.24, 2.45) is 0 Å². The summed E-state index contributed by atoms with van der Waals surface area (Å²) in [6, 6.07) is 7.91. The number of hydrogen-bond donors (Lipinski definition) is 0. The monoisotopic (exact) mass is 412 g/mol. The second-order valence-corrected chi connectivity index (χ2v) is 8.66. The van der Waals surface area contributed by atoms with Crippen molar-refractivity contribution in [3.05, 3.63) is 29.8 Å². The van der Waals surface area contributed by atoms with Crippen LogP contribution in [-0.2, 0) is 36.2 Å². The molecule has 1 aromatic carbocycles. The molecular weight excluding hydrogens is 380 g/mol. The van der Waals surface area contributed by atoms with E-state index >= 15 is 0 Å². The van der Waals surface area contributed by atoms with Crippen LogP contribution in [0, 0.1) is 0 Å². The fourth-order valence-corrected chi connectivity index (χ4v) is 5.17. The summed E-state index contributed by atoms with van der Waals surface area (Å²) in [4.78, 5) is 0. The van der Waals surface area contributed by atoms with Gasteiger partial charge < -0.3 is 18.8 Å². The third-order valence-corrected chi connectivity index (χ3v) is 7.08. The lowest BCUT2D eigenvalue weighted by molar-refractivity contribution is -0.124. The molecule has 1 unspecified atom stereocenters. The summed E-state index contributed by atoms with van der Waals surface area (Å²) in [6.45, 7) is 7.37. The van der Waals surface area contributed by atoms with Crippen molar-refractivity contribution < 1.29 is 27.1 Å². The van der Waals surface area contributed by atoms with Crippen LogP contribution in [0.1, 0.15) is 58.4 Å². The molecule has 28 heavy (non-hydrogen) atoms. The Kier molecular flexibility index (Phi) is 7.28. The van der Waals surface area contributed by atoms with E-state index in [9.17, 15) is 4.55 Å². The fraction of sp³-hybridized carbons (Fsp3) is 0.714. The molecule has 0 spiro atoms. The molecule has 0 amide bonds. The standard InChI is InChI=1S/C21H32O6S/c1-5-21(16(2)26-28(22)27-21)13-11-19(20(3)12-6-14-25-20)24-15-17-7-9-18(23-4)10-8-17/h7-10,16,19H,5-6,11-15H2,1-4H3/t16-,19+,20-,21-,28?/m1/s1. The highest BCUT2D eigenvalue weighted by Crippen LogP contribution is 2.41. The van der Waals surface area contributed by atoms with Crippen molar-refractivity contribution in [2.45, 2.75) is 82.9 Å². The largest absolute Gasteiger partial charge is 0.553 e. The minimum Gasteiger partial charge on any atom is -0.553 e. The Morgan fingerprint density at radius 3 is 2.61 bits per heavy atom. The SMILES string of the molecule is CC[C@]1(CC[C@H](OCc2ccc(OC)cc2)[C@@]2(C)CCCO2)O[S+]([O-])O[C@@H]1C. The van der Waals surface area contributed by atoms with Crippen LogP contribution in [0.3, 0.4) is 0 Å². The summed E-state index contributed by atoms with van der Waals surface area (Å²) in [6.07, 6.45) is 3.93. The van der Waals surface area contributed by atoms with E-state index < -0.39 is 17.3 Å². The maximum Gasteiger partial charge on any atom is 0.297 e. The molecule has 2 heterocycles. The van der Waals surface area contributed by atoms with Gasteiger partial charge in [-0.3, -0.25) is 0 Å². The Morgan fingerprint density at radius 1 is 1.32 bits per heavy atom. The van der Waals surface area contributed by atoms with Crippen molar-refractivity contribution in [1.82, 2.24) is 0 Å². The summed E-state index contributed by atoms with van der Waals surface area (Å²) >= 11 is -1.67. The smallest absolute Gasteiger partial charge is 0.297 e. The van der Waals surface area contributed by atoms with Crippen LogP contribution in [0.15, 0.2) is 24.3 Å². The summed E-state index contributed by atoms with van der Waals surface area (Å²) in [5.74, 6) is 0.830. The van der Waals surface area contributed by atoms with Gasteiger partial charge in [0.25, 0.3) is 11.7 Å². The van der Waals surface area contributed by atoms with Gasteiger partial charge in [0.2, 0.25) is 0 Å². The van der Waals surface area contributed by atoms with Gasteiger partial charge in [0.1, 0.15) is 11.9 Å². The Morgan fingerprint density at radius 2 is 2.07 bits per heavy atom. The lowest BCUT2D eigenvalue weighted by Crippen LogP contribution is -2.44. The van der Waals surface area contributed by atoms with Gasteiger partial charge in [0, 0.05) is 6.61 Å². The molecule has 0 aromatic heterocycles. The van der Waals surface area contributed by atoms with Crippen LogP contribution in [0.2, 0.25) is 0 Å². The zero-order valence-corrected chi connectivity index (χ0v) is 18.1. The first-order chi connectivity index (χ1) is 13.4. The van der Waals surface area contributed by atoms with Crippen LogP contribution in [0.4, 0.5) is 0 Å². The highest BCUT2D eigenvalue weighted by molar-refractivity contribution is 7.82. The van der Waals surface area contributed by atoms with Gasteiger partial charge in [-0.05, 0) is 63.6 Å². The van der Waals surface area contributed by atoms with Crippen LogP contribution >= 0.6 is 0 Å². The zero-order chi connectivity index (χ0) is 20.2. The summed E-state index contributed by atoms with van der Waals surface area (Å²) in [7, 11) is 1.66. The van der Waals surface area contributed by atoms with Crippen LogP contribution < -0.4 is 4.74 Å². The Labute approximate surface area is 171 Å². The van der Waals surface area contributed by atoms with E-state index in [4.69, 9.17) is 22.6 Å². The quantitative estimate of drug-likeness (QED) is 0.569. The molecular formula is C21H32O6S. The predicted octanol–water partition coefficient (Wildman–Crippen LogP) is 4.09. The second-order valence-electron chi connectivity index (χ2n) is 7.90. The zero-order valence-electron chi connectivity index (χ0n) is 17.3. The molecule has 0 saturated carbocycles. The van der Waals surface area contributed by atoms with E-state index in [2.05, 4.69) is 6.92 Å². The first-order valence-electron chi connectivity index (χ1n) is 10.1. The highest BCUT2D eigenvalue weighted by Gasteiger charge is 2.53. The summed E-state index contributed by atoms with van der Waals surface area (Å²) in [5, 5.41) is 0. The van der Waals surface area contributed by atoms with Gasteiger partial charge in [-0.25, -0.2) is 0 Å². The van der Waals surface area contributed by atoms with Crippen molar-refractivity contribution in [3.8, 4) is 5.75 Å². The van der Waals surface area contributed by atoms with Gasteiger partial charge in [0.15, 0.2) is 5.60 Å². The molecule has 5 atom stereocenters. The topological polar surface area (TPSA) is 69.2 Å². The van der Waals surface area contributed by atoms with E-state index in [-0.39, 0.29) is 17.8 Å². The van der Waals surface area contributed by atoms with Gasteiger partial charge in [-0.15, -0.1) is 8.37 Å². The average molecular weight is 413 g/mol. The highest BCUT2D eigenvalue weighted by atomic mass is 32.3. The molecule has 7 heteroatoms. The molecule has 3 rings (SSSR count). The summed E-state index contributed by atoms with van der Waals surface area (Å²) in [5.41, 5.74) is 0.234. The Hall–Kier alpha value is -0.830. The summed E-state index contributed by atoms with van der Waals surface area (Å²) < 4.78 is 40.5. The van der Waals surface area contributed by atoms with E-state index in [1.54, 1.807) is 7.11 Å². The molecule has 2 aliphatic rings. The molecule has 6 nitrogen and oxygen atoms in total. The third-order valence-electron chi connectivity index (χ3n) is 6.17. The number of benzene rings is 1. The molecule has 0 aliphatic carbocycles. The normalized spacial score (nSPS) is 33.9. The maximum atomic E-state index is 11.8. The lowest BCUT2D eigenvalue weighted by Gasteiger charge is -2.35. The number of ether oxygens (including phenoxy) is 3. The van der Waals surface area contributed by atoms with Gasteiger partial charge in [-0.2, -0.15) is 0 Å². The minimum absolute atomic E-state index is 0.0784. The van der Waals surface area contributed by atoms with Gasteiger partial charge in [0.05, 0.1) is 25.4 Å². The number of hydrogen-bond acceptors (Lipinski definition) is 6. The molecule has 2 fully saturated rings. The molecule has 0 N–H and O–H groups in total. The molecule has 0 radical (unpaired) electrons. The maximum absolute atomic E-state index is 11.8. The molecule has 158 valence electrons. The Bertz CT molecular complexity index is 618. The van der Waals surface area contributed by atoms with Gasteiger partial charge in [-0.1, -0.05) is 19.1 Å². The van der Waals surface area contributed by atoms with Gasteiger partial charge >= 0.3 is 0 Å².